The van der Waals surface area contributed by atoms with Crippen LogP contribution in [-0.2, 0) is 19.6 Å². The summed E-state index contributed by atoms with van der Waals surface area (Å²) in [7, 11) is 0. The summed E-state index contributed by atoms with van der Waals surface area (Å²) >= 11 is 12.0. The number of benzene rings is 2. The van der Waals surface area contributed by atoms with Crippen LogP contribution in [0.15, 0.2) is 58.1 Å². The number of nitrogens with zero attached hydrogens (tertiary/aromatic N) is 3. The Morgan fingerprint density at radius 3 is 2.24 bits per heavy atom. The largest absolute Gasteiger partial charge is 0.452 e. The molecule has 1 aromatic heterocycles. The zero-order valence-corrected chi connectivity index (χ0v) is 19.5. The van der Waals surface area contributed by atoms with Crippen LogP contribution in [0.3, 0.4) is 0 Å². The number of aromatic nitrogens is 2. The van der Waals surface area contributed by atoms with Crippen LogP contribution in [0.1, 0.15) is 18.9 Å². The molecule has 2 aromatic carbocycles. The molecular weight excluding hydrogens is 467 g/mol. The Bertz CT molecular complexity index is 1240. The van der Waals surface area contributed by atoms with Crippen molar-refractivity contribution in [2.45, 2.75) is 39.3 Å². The molecule has 1 unspecified atom stereocenters. The van der Waals surface area contributed by atoms with E-state index in [0.29, 0.717) is 46.8 Å². The number of nitrogens with one attached hydrogen (secondary N) is 1. The number of ether oxygens (including phenoxy) is 1. The summed E-state index contributed by atoms with van der Waals surface area (Å²) < 4.78 is 8.84. The summed E-state index contributed by atoms with van der Waals surface area (Å²) in [5, 5.41) is 13.6. The summed E-state index contributed by atoms with van der Waals surface area (Å²) in [6.07, 6.45) is -0.442. The highest BCUT2D eigenvalue weighted by molar-refractivity contribution is 6.30. The molecular formula is C23H24Cl2N4O4. The standard InChI is InChI=1S/C23H24Cl2N4O4/c1-2-27-20-19(21(31)28(23(27)32)12-3-13-30)29(14-15-4-6-16(24)7-5-15)22(26-20)33-18-10-8-17(25)9-11-18/h4-11,22,26,30H,2-3,12-14H2,1H3. The van der Waals surface area contributed by atoms with E-state index in [1.165, 1.54) is 9.13 Å². The van der Waals surface area contributed by atoms with Crippen molar-refractivity contribution in [3.05, 3.63) is 85.0 Å². The average molecular weight is 491 g/mol. The Morgan fingerprint density at radius 1 is 1.00 bits per heavy atom. The predicted octanol–water partition coefficient (Wildman–Crippen LogP) is 3.51. The summed E-state index contributed by atoms with van der Waals surface area (Å²) in [6, 6.07) is 14.2. The lowest BCUT2D eigenvalue weighted by atomic mass is 10.2. The third kappa shape index (κ3) is 4.73. The first kappa shape index (κ1) is 23.2. The van der Waals surface area contributed by atoms with Gasteiger partial charge in [-0.05, 0) is 55.3 Å². The van der Waals surface area contributed by atoms with Gasteiger partial charge < -0.3 is 20.1 Å². The summed E-state index contributed by atoms with van der Waals surface area (Å²) in [4.78, 5) is 28.2. The minimum atomic E-state index is -0.740. The zero-order valence-electron chi connectivity index (χ0n) is 18.0. The highest BCUT2D eigenvalue weighted by Gasteiger charge is 2.36. The lowest BCUT2D eigenvalue weighted by Gasteiger charge is -2.26. The van der Waals surface area contributed by atoms with Crippen molar-refractivity contribution in [1.29, 1.82) is 0 Å². The first-order valence-electron chi connectivity index (χ1n) is 10.6. The number of anilines is 2. The fourth-order valence-electron chi connectivity index (χ4n) is 3.81. The summed E-state index contributed by atoms with van der Waals surface area (Å²) in [5.74, 6) is 0.956. The molecule has 0 amide bonds. The Morgan fingerprint density at radius 2 is 1.64 bits per heavy atom. The number of hydrogen-bond donors (Lipinski definition) is 2. The van der Waals surface area contributed by atoms with Gasteiger partial charge in [0.25, 0.3) is 11.9 Å². The van der Waals surface area contributed by atoms with E-state index in [0.717, 1.165) is 5.56 Å². The van der Waals surface area contributed by atoms with Crippen LogP contribution in [-0.4, -0.2) is 27.2 Å². The van der Waals surface area contributed by atoms with Crippen LogP contribution in [0.5, 0.6) is 5.75 Å². The molecule has 0 saturated heterocycles. The molecule has 0 bridgehead atoms. The van der Waals surface area contributed by atoms with Crippen molar-refractivity contribution in [3.8, 4) is 5.75 Å². The van der Waals surface area contributed by atoms with Gasteiger partial charge in [0, 0.05) is 36.3 Å². The van der Waals surface area contributed by atoms with Crippen LogP contribution in [0.25, 0.3) is 0 Å². The Hall–Kier alpha value is -2.94. The highest BCUT2D eigenvalue weighted by Crippen LogP contribution is 2.33. The van der Waals surface area contributed by atoms with Crippen molar-refractivity contribution in [2.75, 3.05) is 16.8 Å². The molecule has 1 aliphatic heterocycles. The van der Waals surface area contributed by atoms with Gasteiger partial charge in [0.2, 0.25) is 0 Å². The maximum atomic E-state index is 13.4. The second-order valence-corrected chi connectivity index (χ2v) is 8.45. The quantitative estimate of drug-likeness (QED) is 0.502. The van der Waals surface area contributed by atoms with Gasteiger partial charge >= 0.3 is 5.69 Å². The number of rotatable bonds is 8. The van der Waals surface area contributed by atoms with E-state index >= 15 is 0 Å². The van der Waals surface area contributed by atoms with Crippen LogP contribution < -0.4 is 26.2 Å². The number of hydrogen-bond acceptors (Lipinski definition) is 6. The third-order valence-electron chi connectivity index (χ3n) is 5.42. The summed E-state index contributed by atoms with van der Waals surface area (Å²) in [6.45, 7) is 2.53. The van der Waals surface area contributed by atoms with Gasteiger partial charge in [-0.2, -0.15) is 0 Å². The fourth-order valence-corrected chi connectivity index (χ4v) is 4.06. The maximum Gasteiger partial charge on any atom is 0.332 e. The minimum Gasteiger partial charge on any atom is -0.452 e. The van der Waals surface area contributed by atoms with Crippen molar-refractivity contribution in [2.24, 2.45) is 0 Å². The predicted molar refractivity (Wildman–Crippen MR) is 129 cm³/mol. The number of fused-ring (bicyclic) bond motifs is 1. The fraction of sp³-hybridized carbons (Fsp3) is 0.304. The topological polar surface area (TPSA) is 88.7 Å². The molecule has 8 nitrogen and oxygen atoms in total. The normalized spacial score (nSPS) is 14.8. The zero-order chi connectivity index (χ0) is 23.5. The molecule has 3 aromatic rings. The molecule has 0 fully saturated rings. The smallest absolute Gasteiger partial charge is 0.332 e. The van der Waals surface area contributed by atoms with E-state index in [9.17, 15) is 14.7 Å². The minimum absolute atomic E-state index is 0.121. The van der Waals surface area contributed by atoms with Crippen molar-refractivity contribution in [3.63, 3.8) is 0 Å². The van der Waals surface area contributed by atoms with Crippen molar-refractivity contribution in [1.82, 2.24) is 9.13 Å². The van der Waals surface area contributed by atoms with Gasteiger partial charge in [0.15, 0.2) is 0 Å². The van der Waals surface area contributed by atoms with E-state index in [1.54, 1.807) is 41.3 Å². The molecule has 0 radical (unpaired) electrons. The maximum absolute atomic E-state index is 13.4. The van der Waals surface area contributed by atoms with Crippen molar-refractivity contribution >= 4 is 34.7 Å². The molecule has 0 saturated carbocycles. The van der Waals surface area contributed by atoms with Crippen LogP contribution >= 0.6 is 23.2 Å². The van der Waals surface area contributed by atoms with Gasteiger partial charge in [-0.1, -0.05) is 35.3 Å². The highest BCUT2D eigenvalue weighted by atomic mass is 35.5. The molecule has 0 aliphatic carbocycles. The average Bonchev–Trinajstić information content (AvgIpc) is 3.14. The van der Waals surface area contributed by atoms with Crippen LogP contribution in [0, 0.1) is 0 Å². The van der Waals surface area contributed by atoms with Crippen LogP contribution in [0.2, 0.25) is 10.0 Å². The molecule has 33 heavy (non-hydrogen) atoms. The van der Waals surface area contributed by atoms with Gasteiger partial charge in [0.1, 0.15) is 17.3 Å². The molecule has 174 valence electrons. The van der Waals surface area contributed by atoms with Gasteiger partial charge in [-0.3, -0.25) is 13.9 Å². The Kier molecular flexibility index (Phi) is 6.97. The molecule has 2 heterocycles. The van der Waals surface area contributed by atoms with E-state index in [4.69, 9.17) is 27.9 Å². The Labute approximate surface area is 200 Å². The van der Waals surface area contributed by atoms with E-state index in [1.807, 2.05) is 19.1 Å². The first-order valence-corrected chi connectivity index (χ1v) is 11.4. The molecule has 1 atom stereocenters. The summed E-state index contributed by atoms with van der Waals surface area (Å²) in [5.41, 5.74) is 0.384. The van der Waals surface area contributed by atoms with E-state index in [2.05, 4.69) is 5.32 Å². The van der Waals surface area contributed by atoms with Gasteiger partial charge in [-0.15, -0.1) is 0 Å². The number of aliphatic hydroxyl groups excluding tert-OH is 1. The second kappa shape index (κ2) is 9.91. The Balaban J connectivity index is 1.81. The third-order valence-corrected chi connectivity index (χ3v) is 5.92. The second-order valence-electron chi connectivity index (χ2n) is 7.58. The lowest BCUT2D eigenvalue weighted by molar-refractivity contribution is 0.227. The monoisotopic (exact) mass is 490 g/mol. The van der Waals surface area contributed by atoms with Gasteiger partial charge in [-0.25, -0.2) is 4.79 Å². The number of halogens is 2. The van der Waals surface area contributed by atoms with Crippen LogP contribution in [0.4, 0.5) is 11.5 Å². The number of aliphatic hydroxyl groups is 1. The molecule has 10 heteroatoms. The molecule has 0 spiro atoms. The van der Waals surface area contributed by atoms with Gasteiger partial charge in [0.05, 0.1) is 0 Å². The van der Waals surface area contributed by atoms with Crippen molar-refractivity contribution < 1.29 is 9.84 Å². The molecule has 2 N–H and O–H groups in total. The lowest BCUT2D eigenvalue weighted by Crippen LogP contribution is -2.43. The molecule has 1 aliphatic rings. The van der Waals surface area contributed by atoms with E-state index in [-0.39, 0.29) is 13.2 Å². The first-order chi connectivity index (χ1) is 15.9. The molecule has 4 rings (SSSR count). The SMILES string of the molecule is CCn1c2c(c(=O)n(CCCO)c1=O)N(Cc1ccc(Cl)cc1)C(Oc1ccc(Cl)cc1)N2. The van der Waals surface area contributed by atoms with E-state index < -0.39 is 17.6 Å².